The third-order valence-electron chi connectivity index (χ3n) is 2.98. The molecule has 0 aromatic heterocycles. The van der Waals surface area contributed by atoms with E-state index < -0.39 is 23.7 Å². The molecule has 0 saturated heterocycles. The van der Waals surface area contributed by atoms with Crippen molar-refractivity contribution < 1.29 is 24.5 Å². The van der Waals surface area contributed by atoms with Crippen LogP contribution in [0, 0.1) is 0 Å². The van der Waals surface area contributed by atoms with Crippen molar-refractivity contribution in [2.75, 3.05) is 11.0 Å². The monoisotopic (exact) mass is 435 g/mol. The molecule has 7 heteroatoms. The van der Waals surface area contributed by atoms with E-state index in [0.717, 1.165) is 5.56 Å². The topological polar surface area (TPSA) is 87.1 Å². The highest BCUT2D eigenvalue weighted by Crippen LogP contribution is 2.17. The van der Waals surface area contributed by atoms with Crippen LogP contribution in [0.15, 0.2) is 24.3 Å². The van der Waals surface area contributed by atoms with Gasteiger partial charge in [0.2, 0.25) is 0 Å². The minimum atomic E-state index is -1.09. The number of rotatable bonds is 6. The van der Waals surface area contributed by atoms with Crippen molar-refractivity contribution in [1.29, 1.82) is 0 Å². The highest BCUT2D eigenvalue weighted by Gasteiger charge is 2.32. The molecule has 1 amide bonds. The predicted octanol–water partition coefficient (Wildman–Crippen LogP) is 3.06. The lowest BCUT2D eigenvalue weighted by molar-refractivity contribution is -0.143. The third-order valence-corrected chi connectivity index (χ3v) is 3.46. The molecule has 0 unspecified atom stereocenters. The number of benzene rings is 1. The van der Waals surface area contributed by atoms with Crippen molar-refractivity contribution in [3.05, 3.63) is 29.8 Å². The highest BCUT2D eigenvalue weighted by atomic mass is 127. The van der Waals surface area contributed by atoms with Crippen LogP contribution in [0.5, 0.6) is 5.75 Å². The second-order valence-electron chi connectivity index (χ2n) is 6.09. The first kappa shape index (κ1) is 19.5. The van der Waals surface area contributed by atoms with E-state index in [1.807, 2.05) is 0 Å². The Morgan fingerprint density at radius 1 is 1.26 bits per heavy atom. The SMILES string of the molecule is CC(C)(C)OC(=O)N(CCI)[C@@H](Cc1ccc(O)cc1)C(=O)O. The summed E-state index contributed by atoms with van der Waals surface area (Å²) in [5.74, 6) is -0.981. The molecule has 6 nitrogen and oxygen atoms in total. The van der Waals surface area contributed by atoms with E-state index in [1.165, 1.54) is 17.0 Å². The van der Waals surface area contributed by atoms with Gasteiger partial charge in [0, 0.05) is 17.4 Å². The molecule has 0 aliphatic carbocycles. The highest BCUT2D eigenvalue weighted by molar-refractivity contribution is 14.1. The summed E-state index contributed by atoms with van der Waals surface area (Å²) in [5.41, 5.74) is 0.0274. The number of halogens is 1. The smallest absolute Gasteiger partial charge is 0.411 e. The van der Waals surface area contributed by atoms with Gasteiger partial charge in [-0.3, -0.25) is 4.90 Å². The van der Waals surface area contributed by atoms with Crippen LogP contribution in [0.2, 0.25) is 0 Å². The zero-order valence-electron chi connectivity index (χ0n) is 13.5. The van der Waals surface area contributed by atoms with Crippen LogP contribution in [-0.2, 0) is 16.0 Å². The van der Waals surface area contributed by atoms with Gasteiger partial charge in [-0.2, -0.15) is 0 Å². The first-order chi connectivity index (χ1) is 10.6. The van der Waals surface area contributed by atoms with E-state index in [-0.39, 0.29) is 18.7 Å². The number of phenolic OH excluding ortho intramolecular Hbond substituents is 1. The Balaban J connectivity index is 2.99. The fourth-order valence-corrected chi connectivity index (χ4v) is 2.49. The molecule has 1 atom stereocenters. The van der Waals surface area contributed by atoms with Gasteiger partial charge >= 0.3 is 12.1 Å². The summed E-state index contributed by atoms with van der Waals surface area (Å²) in [5, 5.41) is 18.8. The number of phenols is 1. The Morgan fingerprint density at radius 3 is 2.26 bits per heavy atom. The van der Waals surface area contributed by atoms with E-state index in [2.05, 4.69) is 22.6 Å². The maximum absolute atomic E-state index is 12.3. The Bertz CT molecular complexity index is 538. The number of ether oxygens (including phenoxy) is 1. The molecular formula is C16H22INO5. The van der Waals surface area contributed by atoms with Crippen LogP contribution in [-0.4, -0.2) is 49.8 Å². The molecular weight excluding hydrogens is 413 g/mol. The average Bonchev–Trinajstić information content (AvgIpc) is 2.42. The summed E-state index contributed by atoms with van der Waals surface area (Å²) in [4.78, 5) is 25.2. The number of hydrogen-bond donors (Lipinski definition) is 2. The molecule has 0 fully saturated rings. The molecule has 1 rings (SSSR count). The zero-order chi connectivity index (χ0) is 17.6. The normalized spacial score (nSPS) is 12.5. The van der Waals surface area contributed by atoms with Gasteiger partial charge in [0.25, 0.3) is 0 Å². The summed E-state index contributed by atoms with van der Waals surface area (Å²) in [6.45, 7) is 5.50. The van der Waals surface area contributed by atoms with Gasteiger partial charge < -0.3 is 14.9 Å². The van der Waals surface area contributed by atoms with E-state index in [1.54, 1.807) is 32.9 Å². The number of carboxylic acid groups (broad SMARTS) is 1. The van der Waals surface area contributed by atoms with E-state index in [4.69, 9.17) is 4.74 Å². The summed E-state index contributed by atoms with van der Waals surface area (Å²) >= 11 is 2.09. The largest absolute Gasteiger partial charge is 0.508 e. The van der Waals surface area contributed by atoms with Crippen molar-refractivity contribution in [3.8, 4) is 5.75 Å². The van der Waals surface area contributed by atoms with Crippen LogP contribution < -0.4 is 0 Å². The number of carbonyl (C=O) groups excluding carboxylic acids is 1. The summed E-state index contributed by atoms with van der Waals surface area (Å²) < 4.78 is 5.91. The predicted molar refractivity (Wildman–Crippen MR) is 95.1 cm³/mol. The average molecular weight is 435 g/mol. The van der Waals surface area contributed by atoms with Gasteiger partial charge in [0.15, 0.2) is 0 Å². The van der Waals surface area contributed by atoms with Crippen LogP contribution >= 0.6 is 22.6 Å². The maximum atomic E-state index is 12.3. The molecule has 0 radical (unpaired) electrons. The molecule has 0 saturated carbocycles. The molecule has 0 aliphatic heterocycles. The minimum Gasteiger partial charge on any atom is -0.508 e. The second kappa shape index (κ2) is 8.37. The van der Waals surface area contributed by atoms with Crippen LogP contribution in [0.1, 0.15) is 26.3 Å². The van der Waals surface area contributed by atoms with Crippen LogP contribution in [0.4, 0.5) is 4.79 Å². The Kier molecular flexibility index (Phi) is 7.11. The van der Waals surface area contributed by atoms with Gasteiger partial charge in [-0.05, 0) is 38.5 Å². The van der Waals surface area contributed by atoms with Gasteiger partial charge in [0.1, 0.15) is 17.4 Å². The van der Waals surface area contributed by atoms with Gasteiger partial charge in [0.05, 0.1) is 0 Å². The van der Waals surface area contributed by atoms with Crippen LogP contribution in [0.3, 0.4) is 0 Å². The number of carbonyl (C=O) groups is 2. The summed E-state index contributed by atoms with van der Waals surface area (Å²) in [6, 6.07) is 5.24. The number of carboxylic acids is 1. The van der Waals surface area contributed by atoms with E-state index in [9.17, 15) is 19.8 Å². The standard InChI is InChI=1S/C16H22INO5/c1-16(2,3)23-15(22)18(9-8-17)13(14(20)21)10-11-4-6-12(19)7-5-11/h4-7,13,19H,8-10H2,1-3H3,(H,20,21)/t13-/m0/s1. The van der Waals surface area contributed by atoms with Crippen molar-refractivity contribution in [2.45, 2.75) is 38.8 Å². The number of nitrogens with zero attached hydrogens (tertiary/aromatic N) is 1. The molecule has 0 heterocycles. The molecule has 0 bridgehead atoms. The number of hydrogen-bond acceptors (Lipinski definition) is 4. The lowest BCUT2D eigenvalue weighted by Crippen LogP contribution is -2.49. The minimum absolute atomic E-state index is 0.108. The lowest BCUT2D eigenvalue weighted by Gasteiger charge is -2.31. The van der Waals surface area contributed by atoms with Crippen molar-refractivity contribution in [3.63, 3.8) is 0 Å². The summed E-state index contributed by atoms with van der Waals surface area (Å²) in [7, 11) is 0. The zero-order valence-corrected chi connectivity index (χ0v) is 15.6. The number of amides is 1. The molecule has 128 valence electrons. The fourth-order valence-electron chi connectivity index (χ4n) is 1.97. The summed E-state index contributed by atoms with van der Waals surface area (Å²) in [6.07, 6.45) is -0.494. The van der Waals surface area contributed by atoms with Crippen LogP contribution in [0.25, 0.3) is 0 Å². The van der Waals surface area contributed by atoms with Crippen molar-refractivity contribution in [1.82, 2.24) is 4.90 Å². The van der Waals surface area contributed by atoms with Gasteiger partial charge in [-0.1, -0.05) is 34.7 Å². The molecule has 1 aromatic rings. The molecule has 0 aliphatic rings. The number of aromatic hydroxyl groups is 1. The Hall–Kier alpha value is -1.51. The Labute approximate surface area is 149 Å². The van der Waals surface area contributed by atoms with Crippen molar-refractivity contribution >= 4 is 34.7 Å². The number of aliphatic carboxylic acids is 1. The molecule has 1 aromatic carbocycles. The third kappa shape index (κ3) is 6.64. The first-order valence-corrected chi connectivity index (χ1v) is 8.73. The quantitative estimate of drug-likeness (QED) is 0.530. The first-order valence-electron chi connectivity index (χ1n) is 7.20. The molecule has 0 spiro atoms. The van der Waals surface area contributed by atoms with E-state index in [0.29, 0.717) is 4.43 Å². The van der Waals surface area contributed by atoms with Gasteiger partial charge in [-0.25, -0.2) is 9.59 Å². The molecule has 2 N–H and O–H groups in total. The van der Waals surface area contributed by atoms with E-state index >= 15 is 0 Å². The molecule has 23 heavy (non-hydrogen) atoms. The Morgan fingerprint density at radius 2 is 1.83 bits per heavy atom. The fraction of sp³-hybridized carbons (Fsp3) is 0.500. The second-order valence-corrected chi connectivity index (χ2v) is 7.17. The number of alkyl halides is 1. The van der Waals surface area contributed by atoms with Gasteiger partial charge in [-0.15, -0.1) is 0 Å². The van der Waals surface area contributed by atoms with Crippen molar-refractivity contribution in [2.24, 2.45) is 0 Å². The maximum Gasteiger partial charge on any atom is 0.411 e. The lowest BCUT2D eigenvalue weighted by atomic mass is 10.0.